The van der Waals surface area contributed by atoms with E-state index in [9.17, 15) is 4.79 Å². The predicted octanol–water partition coefficient (Wildman–Crippen LogP) is 1.73. The van der Waals surface area contributed by atoms with Gasteiger partial charge in [-0.05, 0) is 24.7 Å². The number of hydrogen-bond acceptors (Lipinski definition) is 5. The van der Waals surface area contributed by atoms with Crippen molar-refractivity contribution in [2.75, 3.05) is 0 Å². The molecule has 2 unspecified atom stereocenters. The SMILES string of the molecule is CC(C)(C)C1CCCCC1(OC(N)=O)c1nn[nH]n1. The molecule has 19 heavy (non-hydrogen) atoms. The Balaban J connectivity index is 2.47. The highest BCUT2D eigenvalue weighted by Gasteiger charge is 2.53. The lowest BCUT2D eigenvalue weighted by molar-refractivity contribution is -0.105. The molecule has 7 nitrogen and oxygen atoms in total. The van der Waals surface area contributed by atoms with Crippen molar-refractivity contribution in [3.8, 4) is 0 Å². The zero-order chi connectivity index (χ0) is 14.1. The summed E-state index contributed by atoms with van der Waals surface area (Å²) in [6.07, 6.45) is 2.89. The molecule has 0 radical (unpaired) electrons. The number of amides is 1. The lowest BCUT2D eigenvalue weighted by atomic mass is 9.63. The molecule has 1 saturated carbocycles. The van der Waals surface area contributed by atoms with E-state index in [0.717, 1.165) is 19.3 Å². The maximum Gasteiger partial charge on any atom is 0.405 e. The third-order valence-electron chi connectivity index (χ3n) is 3.91. The van der Waals surface area contributed by atoms with Crippen molar-refractivity contribution in [2.24, 2.45) is 17.1 Å². The van der Waals surface area contributed by atoms with Crippen molar-refractivity contribution >= 4 is 6.09 Å². The van der Waals surface area contributed by atoms with E-state index in [-0.39, 0.29) is 11.3 Å². The van der Waals surface area contributed by atoms with Gasteiger partial charge in [0.2, 0.25) is 5.82 Å². The highest BCUT2D eigenvalue weighted by Crippen LogP contribution is 2.50. The summed E-state index contributed by atoms with van der Waals surface area (Å²) >= 11 is 0. The Bertz CT molecular complexity index is 439. The Morgan fingerprint density at radius 2 is 2.21 bits per heavy atom. The first-order valence-corrected chi connectivity index (χ1v) is 6.58. The van der Waals surface area contributed by atoms with Gasteiger partial charge in [-0.15, -0.1) is 10.2 Å². The summed E-state index contributed by atoms with van der Waals surface area (Å²) in [6.45, 7) is 6.38. The third kappa shape index (κ3) is 2.54. The molecular weight excluding hydrogens is 246 g/mol. The first kappa shape index (κ1) is 13.8. The smallest absolute Gasteiger partial charge is 0.405 e. The summed E-state index contributed by atoms with van der Waals surface area (Å²) in [5, 5.41) is 14.1. The number of primary amides is 1. The minimum Gasteiger partial charge on any atom is -0.434 e. The van der Waals surface area contributed by atoms with Gasteiger partial charge in [-0.3, -0.25) is 0 Å². The standard InChI is InChI=1S/C12H21N5O2/c1-11(2,3)8-6-4-5-7-12(8,19-10(13)18)9-14-16-17-15-9/h8H,4-7H2,1-3H3,(H2,13,18)(H,14,15,16,17). The van der Waals surface area contributed by atoms with Crippen LogP contribution in [0.2, 0.25) is 0 Å². The molecule has 2 atom stereocenters. The number of nitrogens with two attached hydrogens (primary N) is 1. The number of ether oxygens (including phenoxy) is 1. The van der Waals surface area contributed by atoms with Crippen LogP contribution in [0.3, 0.4) is 0 Å². The maximum atomic E-state index is 11.4. The van der Waals surface area contributed by atoms with Crippen LogP contribution in [-0.2, 0) is 10.3 Å². The molecule has 1 amide bonds. The fourth-order valence-electron chi connectivity index (χ4n) is 3.23. The van der Waals surface area contributed by atoms with E-state index in [1.165, 1.54) is 0 Å². The van der Waals surface area contributed by atoms with Gasteiger partial charge in [0, 0.05) is 5.92 Å². The summed E-state index contributed by atoms with van der Waals surface area (Å²) in [7, 11) is 0. The van der Waals surface area contributed by atoms with E-state index in [1.807, 2.05) is 0 Å². The van der Waals surface area contributed by atoms with E-state index >= 15 is 0 Å². The lowest BCUT2D eigenvalue weighted by Crippen LogP contribution is -2.49. The molecule has 0 bridgehead atoms. The van der Waals surface area contributed by atoms with Crippen LogP contribution >= 0.6 is 0 Å². The van der Waals surface area contributed by atoms with Crippen LogP contribution in [0.15, 0.2) is 0 Å². The van der Waals surface area contributed by atoms with Gasteiger partial charge in [0.1, 0.15) is 0 Å². The molecule has 0 aromatic carbocycles. The van der Waals surface area contributed by atoms with Crippen molar-refractivity contribution in [3.63, 3.8) is 0 Å². The predicted molar refractivity (Wildman–Crippen MR) is 67.9 cm³/mol. The topological polar surface area (TPSA) is 107 Å². The number of H-pyrrole nitrogens is 1. The average Bonchev–Trinajstić information content (AvgIpc) is 2.80. The Morgan fingerprint density at radius 1 is 1.47 bits per heavy atom. The minimum atomic E-state index is -0.866. The molecule has 1 fully saturated rings. The zero-order valence-electron chi connectivity index (χ0n) is 11.6. The van der Waals surface area contributed by atoms with Gasteiger partial charge in [0.05, 0.1) is 0 Å². The van der Waals surface area contributed by atoms with Crippen molar-refractivity contribution in [3.05, 3.63) is 5.82 Å². The fourth-order valence-corrected chi connectivity index (χ4v) is 3.23. The molecule has 1 aromatic rings. The van der Waals surface area contributed by atoms with Crippen LogP contribution < -0.4 is 5.73 Å². The van der Waals surface area contributed by atoms with E-state index in [1.54, 1.807) is 0 Å². The third-order valence-corrected chi connectivity index (χ3v) is 3.91. The van der Waals surface area contributed by atoms with Crippen molar-refractivity contribution in [1.82, 2.24) is 20.6 Å². The van der Waals surface area contributed by atoms with Gasteiger partial charge in [-0.25, -0.2) is 4.79 Å². The normalized spacial score (nSPS) is 28.1. The summed E-state index contributed by atoms with van der Waals surface area (Å²) in [4.78, 5) is 11.4. The van der Waals surface area contributed by atoms with Crippen molar-refractivity contribution < 1.29 is 9.53 Å². The monoisotopic (exact) mass is 267 g/mol. The van der Waals surface area contributed by atoms with Gasteiger partial charge in [0.15, 0.2) is 5.60 Å². The van der Waals surface area contributed by atoms with Crippen LogP contribution in [0.5, 0.6) is 0 Å². The largest absolute Gasteiger partial charge is 0.434 e. The summed E-state index contributed by atoms with van der Waals surface area (Å²) < 4.78 is 5.52. The Kier molecular flexibility index (Phi) is 3.47. The van der Waals surface area contributed by atoms with Crippen LogP contribution in [0.25, 0.3) is 0 Å². The molecule has 2 rings (SSSR count). The van der Waals surface area contributed by atoms with E-state index in [0.29, 0.717) is 12.2 Å². The summed E-state index contributed by atoms with van der Waals surface area (Å²) in [5.74, 6) is 0.532. The second-order valence-corrected chi connectivity index (χ2v) is 6.21. The van der Waals surface area contributed by atoms with Gasteiger partial charge < -0.3 is 10.5 Å². The molecule has 1 aliphatic carbocycles. The molecule has 7 heteroatoms. The van der Waals surface area contributed by atoms with Crippen LogP contribution in [-0.4, -0.2) is 26.7 Å². The highest BCUT2D eigenvalue weighted by molar-refractivity contribution is 5.65. The number of nitrogens with zero attached hydrogens (tertiary/aromatic N) is 3. The minimum absolute atomic E-state index is 0.0451. The maximum absolute atomic E-state index is 11.4. The zero-order valence-corrected chi connectivity index (χ0v) is 11.6. The Labute approximate surface area is 112 Å². The second-order valence-electron chi connectivity index (χ2n) is 6.21. The number of carbonyl (C=O) groups excluding carboxylic acids is 1. The molecule has 106 valence electrons. The van der Waals surface area contributed by atoms with Gasteiger partial charge in [-0.1, -0.05) is 32.4 Å². The van der Waals surface area contributed by atoms with E-state index in [4.69, 9.17) is 10.5 Å². The van der Waals surface area contributed by atoms with E-state index in [2.05, 4.69) is 41.4 Å². The first-order chi connectivity index (χ1) is 8.86. The van der Waals surface area contributed by atoms with Gasteiger partial charge >= 0.3 is 6.09 Å². The number of aromatic nitrogens is 4. The summed E-state index contributed by atoms with van der Waals surface area (Å²) in [6, 6.07) is 0. The molecule has 1 aliphatic rings. The number of hydrogen-bond donors (Lipinski definition) is 2. The fraction of sp³-hybridized carbons (Fsp3) is 0.833. The number of nitrogens with one attached hydrogen (secondary N) is 1. The number of rotatable bonds is 2. The van der Waals surface area contributed by atoms with Gasteiger partial charge in [-0.2, -0.15) is 5.21 Å². The average molecular weight is 267 g/mol. The first-order valence-electron chi connectivity index (χ1n) is 6.58. The molecule has 0 aliphatic heterocycles. The van der Waals surface area contributed by atoms with Gasteiger partial charge in [0.25, 0.3) is 0 Å². The molecular formula is C12H21N5O2. The highest BCUT2D eigenvalue weighted by atomic mass is 16.6. The Hall–Kier alpha value is -1.66. The number of aromatic amines is 1. The number of tetrazole rings is 1. The van der Waals surface area contributed by atoms with E-state index < -0.39 is 11.7 Å². The lowest BCUT2D eigenvalue weighted by Gasteiger charge is -2.46. The van der Waals surface area contributed by atoms with Crippen LogP contribution in [0.1, 0.15) is 52.3 Å². The Morgan fingerprint density at radius 3 is 2.74 bits per heavy atom. The molecule has 3 N–H and O–H groups in total. The van der Waals surface area contributed by atoms with Crippen molar-refractivity contribution in [1.29, 1.82) is 0 Å². The van der Waals surface area contributed by atoms with Crippen molar-refractivity contribution in [2.45, 2.75) is 52.1 Å². The second kappa shape index (κ2) is 4.79. The molecule has 1 heterocycles. The quantitative estimate of drug-likeness (QED) is 0.848. The molecule has 1 aromatic heterocycles. The summed E-state index contributed by atoms with van der Waals surface area (Å²) in [5.41, 5.74) is 4.36. The molecule has 0 saturated heterocycles. The number of carbonyl (C=O) groups is 1. The van der Waals surface area contributed by atoms with Crippen LogP contribution in [0.4, 0.5) is 4.79 Å². The van der Waals surface area contributed by atoms with Crippen LogP contribution in [0, 0.1) is 11.3 Å². The molecule has 0 spiro atoms.